The quantitative estimate of drug-likeness (QED) is 0.823. The summed E-state index contributed by atoms with van der Waals surface area (Å²) in [5, 5.41) is 2.80. The van der Waals surface area contributed by atoms with E-state index in [1.54, 1.807) is 14.2 Å². The van der Waals surface area contributed by atoms with Crippen LogP contribution < -0.4 is 14.8 Å². The van der Waals surface area contributed by atoms with Crippen LogP contribution in [-0.4, -0.2) is 52.2 Å². The molecule has 5 heteroatoms. The molecule has 0 atom stereocenters. The predicted molar refractivity (Wildman–Crippen MR) is 79.8 cm³/mol. The first-order valence-corrected chi connectivity index (χ1v) is 6.71. The SMILES string of the molecule is CCNC(=O)c1cc(CCN(C)C)cc(OC)c1OC. The van der Waals surface area contributed by atoms with Gasteiger partial charge in [-0.05, 0) is 45.1 Å². The molecule has 0 saturated heterocycles. The van der Waals surface area contributed by atoms with E-state index >= 15 is 0 Å². The number of carbonyl (C=O) groups excluding carboxylic acids is 1. The molecule has 1 rings (SSSR count). The average Bonchev–Trinajstić information content (AvgIpc) is 2.44. The first-order chi connectivity index (χ1) is 9.53. The van der Waals surface area contributed by atoms with Crippen LogP contribution in [0.2, 0.25) is 0 Å². The number of nitrogens with one attached hydrogen (secondary N) is 1. The molecular formula is C15H24N2O3. The molecule has 0 bridgehead atoms. The second-order valence-electron chi connectivity index (χ2n) is 4.79. The summed E-state index contributed by atoms with van der Waals surface area (Å²) in [6, 6.07) is 3.79. The first-order valence-electron chi connectivity index (χ1n) is 6.71. The summed E-state index contributed by atoms with van der Waals surface area (Å²) in [5.74, 6) is 0.923. The molecule has 0 aliphatic carbocycles. The molecule has 1 aromatic rings. The van der Waals surface area contributed by atoms with Gasteiger partial charge < -0.3 is 19.7 Å². The van der Waals surface area contributed by atoms with Crippen molar-refractivity contribution in [3.63, 3.8) is 0 Å². The smallest absolute Gasteiger partial charge is 0.255 e. The Labute approximate surface area is 120 Å². The molecule has 0 radical (unpaired) electrons. The van der Waals surface area contributed by atoms with Crippen molar-refractivity contribution in [2.75, 3.05) is 41.4 Å². The minimum absolute atomic E-state index is 0.144. The van der Waals surface area contributed by atoms with Crippen molar-refractivity contribution < 1.29 is 14.3 Å². The van der Waals surface area contributed by atoms with Crippen LogP contribution in [0.3, 0.4) is 0 Å². The molecule has 0 aliphatic heterocycles. The second-order valence-corrected chi connectivity index (χ2v) is 4.79. The zero-order chi connectivity index (χ0) is 15.1. The summed E-state index contributed by atoms with van der Waals surface area (Å²) in [6.45, 7) is 3.37. The van der Waals surface area contributed by atoms with Gasteiger partial charge in [0.2, 0.25) is 0 Å². The molecule has 20 heavy (non-hydrogen) atoms. The van der Waals surface area contributed by atoms with Gasteiger partial charge in [0.25, 0.3) is 5.91 Å². The Kier molecular flexibility index (Phi) is 6.31. The van der Waals surface area contributed by atoms with Gasteiger partial charge in [-0.3, -0.25) is 4.79 Å². The number of likely N-dealkylation sites (N-methyl/N-ethyl adjacent to an activating group) is 1. The molecule has 1 amide bonds. The van der Waals surface area contributed by atoms with E-state index < -0.39 is 0 Å². The summed E-state index contributed by atoms with van der Waals surface area (Å²) in [4.78, 5) is 14.2. The normalized spacial score (nSPS) is 10.5. The third-order valence-corrected chi connectivity index (χ3v) is 2.97. The Bertz CT molecular complexity index is 459. The lowest BCUT2D eigenvalue weighted by molar-refractivity contribution is 0.0952. The Morgan fingerprint density at radius 1 is 1.25 bits per heavy atom. The maximum atomic E-state index is 12.1. The molecule has 0 unspecified atom stereocenters. The van der Waals surface area contributed by atoms with Gasteiger partial charge in [0.05, 0.1) is 19.8 Å². The lowest BCUT2D eigenvalue weighted by Crippen LogP contribution is -2.24. The highest BCUT2D eigenvalue weighted by Crippen LogP contribution is 2.32. The fraction of sp³-hybridized carbons (Fsp3) is 0.533. The zero-order valence-corrected chi connectivity index (χ0v) is 12.9. The lowest BCUT2D eigenvalue weighted by Gasteiger charge is -2.16. The molecule has 0 aromatic heterocycles. The van der Waals surface area contributed by atoms with E-state index in [0.29, 0.717) is 23.6 Å². The predicted octanol–water partition coefficient (Wildman–Crippen LogP) is 1.56. The molecule has 0 heterocycles. The summed E-state index contributed by atoms with van der Waals surface area (Å²) < 4.78 is 10.7. The van der Waals surface area contributed by atoms with Crippen LogP contribution in [0, 0.1) is 0 Å². The topological polar surface area (TPSA) is 50.8 Å². The maximum absolute atomic E-state index is 12.1. The molecule has 0 fully saturated rings. The molecular weight excluding hydrogens is 256 g/mol. The number of carbonyl (C=O) groups is 1. The van der Waals surface area contributed by atoms with E-state index in [2.05, 4.69) is 10.2 Å². The fourth-order valence-corrected chi connectivity index (χ4v) is 1.94. The second kappa shape index (κ2) is 7.75. The van der Waals surface area contributed by atoms with Crippen molar-refractivity contribution in [1.29, 1.82) is 0 Å². The van der Waals surface area contributed by atoms with E-state index in [9.17, 15) is 4.79 Å². The summed E-state index contributed by atoms with van der Waals surface area (Å²) in [7, 11) is 7.16. The van der Waals surface area contributed by atoms with Gasteiger partial charge in [-0.1, -0.05) is 0 Å². The number of benzene rings is 1. The Balaban J connectivity index is 3.16. The minimum atomic E-state index is -0.144. The van der Waals surface area contributed by atoms with Crippen molar-refractivity contribution in [1.82, 2.24) is 10.2 Å². The number of ether oxygens (including phenoxy) is 2. The van der Waals surface area contributed by atoms with Gasteiger partial charge >= 0.3 is 0 Å². The average molecular weight is 280 g/mol. The zero-order valence-electron chi connectivity index (χ0n) is 12.9. The molecule has 5 nitrogen and oxygen atoms in total. The number of nitrogens with zero attached hydrogens (tertiary/aromatic N) is 1. The Morgan fingerprint density at radius 2 is 1.95 bits per heavy atom. The van der Waals surface area contributed by atoms with Gasteiger partial charge in [0.15, 0.2) is 11.5 Å². The standard InChI is InChI=1S/C15H24N2O3/c1-6-16-15(18)12-9-11(7-8-17(2)3)10-13(19-4)14(12)20-5/h9-10H,6-8H2,1-5H3,(H,16,18). The minimum Gasteiger partial charge on any atom is -0.493 e. The van der Waals surface area contributed by atoms with E-state index in [-0.39, 0.29) is 5.91 Å². The Hall–Kier alpha value is -1.75. The summed E-state index contributed by atoms with van der Waals surface area (Å²) in [5.41, 5.74) is 1.57. The molecule has 1 N–H and O–H groups in total. The monoisotopic (exact) mass is 280 g/mol. The van der Waals surface area contributed by atoms with Crippen LogP contribution in [0.25, 0.3) is 0 Å². The highest BCUT2D eigenvalue weighted by atomic mass is 16.5. The molecule has 112 valence electrons. The largest absolute Gasteiger partial charge is 0.493 e. The third kappa shape index (κ3) is 4.13. The highest BCUT2D eigenvalue weighted by Gasteiger charge is 2.18. The number of hydrogen-bond donors (Lipinski definition) is 1. The van der Waals surface area contributed by atoms with Crippen molar-refractivity contribution in [2.24, 2.45) is 0 Å². The maximum Gasteiger partial charge on any atom is 0.255 e. The van der Waals surface area contributed by atoms with Gasteiger partial charge in [0, 0.05) is 13.1 Å². The number of hydrogen-bond acceptors (Lipinski definition) is 4. The summed E-state index contributed by atoms with van der Waals surface area (Å²) >= 11 is 0. The van der Waals surface area contributed by atoms with Crippen molar-refractivity contribution in [3.8, 4) is 11.5 Å². The van der Waals surface area contributed by atoms with Crippen LogP contribution >= 0.6 is 0 Å². The molecule has 0 saturated carbocycles. The molecule has 0 aliphatic rings. The Morgan fingerprint density at radius 3 is 2.45 bits per heavy atom. The van der Waals surface area contributed by atoms with E-state index in [1.807, 2.05) is 33.2 Å². The number of amides is 1. The van der Waals surface area contributed by atoms with E-state index in [1.165, 1.54) is 0 Å². The molecule has 1 aromatic carbocycles. The summed E-state index contributed by atoms with van der Waals surface area (Å²) in [6.07, 6.45) is 0.847. The van der Waals surface area contributed by atoms with Crippen LogP contribution in [0.15, 0.2) is 12.1 Å². The van der Waals surface area contributed by atoms with Gasteiger partial charge in [-0.2, -0.15) is 0 Å². The number of methoxy groups -OCH3 is 2. The van der Waals surface area contributed by atoms with Crippen LogP contribution in [-0.2, 0) is 6.42 Å². The van der Waals surface area contributed by atoms with Gasteiger partial charge in [-0.25, -0.2) is 0 Å². The van der Waals surface area contributed by atoms with Crippen molar-refractivity contribution >= 4 is 5.91 Å². The van der Waals surface area contributed by atoms with Crippen LogP contribution in [0.1, 0.15) is 22.8 Å². The molecule has 0 spiro atoms. The van der Waals surface area contributed by atoms with Gasteiger partial charge in [-0.15, -0.1) is 0 Å². The lowest BCUT2D eigenvalue weighted by atomic mass is 10.0. The van der Waals surface area contributed by atoms with Crippen molar-refractivity contribution in [2.45, 2.75) is 13.3 Å². The fourth-order valence-electron chi connectivity index (χ4n) is 1.94. The van der Waals surface area contributed by atoms with Crippen molar-refractivity contribution in [3.05, 3.63) is 23.3 Å². The first kappa shape index (κ1) is 16.3. The van der Waals surface area contributed by atoms with E-state index in [0.717, 1.165) is 18.5 Å². The number of rotatable bonds is 7. The van der Waals surface area contributed by atoms with Crippen LogP contribution in [0.5, 0.6) is 11.5 Å². The van der Waals surface area contributed by atoms with Crippen LogP contribution in [0.4, 0.5) is 0 Å². The van der Waals surface area contributed by atoms with Gasteiger partial charge in [0.1, 0.15) is 0 Å². The third-order valence-electron chi connectivity index (χ3n) is 2.97. The highest BCUT2D eigenvalue weighted by molar-refractivity contribution is 5.98. The van der Waals surface area contributed by atoms with E-state index in [4.69, 9.17) is 9.47 Å².